The summed E-state index contributed by atoms with van der Waals surface area (Å²) in [6, 6.07) is 2.85. The molecule has 6 atom stereocenters. The smallest absolute Gasteiger partial charge is 0.280 e. The molecule has 2 aromatic heterocycles. The van der Waals surface area contributed by atoms with Crippen LogP contribution in [0, 0.1) is 5.92 Å². The Kier molecular flexibility index (Phi) is 7.29. The van der Waals surface area contributed by atoms with Gasteiger partial charge >= 0.3 is 0 Å². The summed E-state index contributed by atoms with van der Waals surface area (Å²) in [5.41, 5.74) is 1.94. The van der Waals surface area contributed by atoms with E-state index in [1.807, 2.05) is 19.1 Å². The molecule has 1 saturated carbocycles. The van der Waals surface area contributed by atoms with Crippen molar-refractivity contribution >= 4 is 40.9 Å². The number of carbonyl (C=O) groups excluding carboxylic acids is 3. The van der Waals surface area contributed by atoms with Gasteiger partial charge in [-0.3, -0.25) is 19.5 Å². The van der Waals surface area contributed by atoms with Gasteiger partial charge in [-0.25, -0.2) is 4.98 Å². The average Bonchev–Trinajstić information content (AvgIpc) is 3.61. The van der Waals surface area contributed by atoms with E-state index < -0.39 is 6.04 Å². The number of aromatic nitrogens is 2. The Bertz CT molecular complexity index is 1110. The van der Waals surface area contributed by atoms with Gasteiger partial charge in [0.15, 0.2) is 10.8 Å². The molecular weight excluding hydrogens is 488 g/mol. The van der Waals surface area contributed by atoms with Crippen LogP contribution in [0.15, 0.2) is 24.5 Å². The maximum absolute atomic E-state index is 13.1. The fraction of sp³-hybridized carbons (Fsp3) is 0.560. The lowest BCUT2D eigenvalue weighted by molar-refractivity contribution is -0.122. The third-order valence-electron chi connectivity index (χ3n) is 7.43. The monoisotopic (exact) mass is 516 g/mol. The maximum Gasteiger partial charge on any atom is 0.280 e. The van der Waals surface area contributed by atoms with E-state index in [0.717, 1.165) is 54.5 Å². The number of halogens is 1. The van der Waals surface area contributed by atoms with Gasteiger partial charge in [0.25, 0.3) is 5.91 Å². The number of likely N-dealkylation sites (tertiary alicyclic amines) is 1. The lowest BCUT2D eigenvalue weighted by Crippen LogP contribution is -2.55. The van der Waals surface area contributed by atoms with Crippen LogP contribution in [-0.4, -0.2) is 75.6 Å². The van der Waals surface area contributed by atoms with Crippen molar-refractivity contribution in [1.82, 2.24) is 20.2 Å². The molecule has 1 N–H and O–H groups in total. The summed E-state index contributed by atoms with van der Waals surface area (Å²) in [7, 11) is 0. The number of amides is 1. The summed E-state index contributed by atoms with van der Waals surface area (Å²) in [5, 5.41) is 2.99. The number of nitrogens with zero attached hydrogens (tertiary/aromatic N) is 3. The average molecular weight is 517 g/mol. The largest absolute Gasteiger partial charge is 0.367 e. The van der Waals surface area contributed by atoms with Crippen LogP contribution in [0.2, 0.25) is 0 Å². The van der Waals surface area contributed by atoms with Gasteiger partial charge in [0, 0.05) is 36.6 Å². The second-order valence-electron chi connectivity index (χ2n) is 9.47. The number of rotatable bonds is 7. The Morgan fingerprint density at radius 1 is 1.37 bits per heavy atom. The van der Waals surface area contributed by atoms with Crippen molar-refractivity contribution in [2.75, 3.05) is 13.2 Å². The topological polar surface area (TPSA) is 101 Å². The van der Waals surface area contributed by atoms with Gasteiger partial charge in [-0.05, 0) is 37.0 Å². The van der Waals surface area contributed by atoms with Crippen LogP contribution in [0.3, 0.4) is 0 Å². The third kappa shape index (κ3) is 4.79. The minimum Gasteiger partial charge on any atom is -0.367 e. The molecule has 0 bridgehead atoms. The maximum atomic E-state index is 13.1. The van der Waals surface area contributed by atoms with E-state index in [1.165, 1.54) is 11.3 Å². The number of hydrogen-bond acceptors (Lipinski definition) is 8. The van der Waals surface area contributed by atoms with E-state index in [1.54, 1.807) is 12.4 Å². The highest BCUT2D eigenvalue weighted by Gasteiger charge is 2.53. The number of aldehydes is 1. The number of alkyl halides is 1. The Hall–Kier alpha value is -2.20. The number of carbonyl (C=O) groups is 3. The van der Waals surface area contributed by atoms with Gasteiger partial charge in [0.05, 0.1) is 28.4 Å². The zero-order chi connectivity index (χ0) is 24.5. The lowest BCUT2D eigenvalue weighted by Gasteiger charge is -2.42. The van der Waals surface area contributed by atoms with Crippen LogP contribution in [0.1, 0.15) is 48.1 Å². The van der Waals surface area contributed by atoms with Crippen molar-refractivity contribution in [1.29, 1.82) is 0 Å². The Morgan fingerprint density at radius 3 is 3.00 bits per heavy atom. The molecular formula is C25H29ClN4O4S. The SMILES string of the molecule is CCc1cc(-c2cnc(C(=O)NC(C=O)C3CCCC[C@@H]3N3C[C@H](Cl)[C@H]4OCC(=O)[C@H]43)s2)ccn1. The van der Waals surface area contributed by atoms with Gasteiger partial charge < -0.3 is 14.8 Å². The first kappa shape index (κ1) is 24.5. The summed E-state index contributed by atoms with van der Waals surface area (Å²) in [5.74, 6) is -0.415. The molecule has 1 amide bonds. The molecule has 4 heterocycles. The van der Waals surface area contributed by atoms with E-state index in [0.29, 0.717) is 11.6 Å². The summed E-state index contributed by atoms with van der Waals surface area (Å²) in [4.78, 5) is 49.5. The molecule has 0 aromatic carbocycles. The highest BCUT2D eigenvalue weighted by Crippen LogP contribution is 2.39. The van der Waals surface area contributed by atoms with Gasteiger partial charge in [-0.15, -0.1) is 22.9 Å². The molecule has 0 radical (unpaired) electrons. The van der Waals surface area contributed by atoms with Gasteiger partial charge in [-0.2, -0.15) is 0 Å². The van der Waals surface area contributed by atoms with Crippen molar-refractivity contribution in [3.8, 4) is 10.4 Å². The van der Waals surface area contributed by atoms with Crippen molar-refractivity contribution < 1.29 is 19.1 Å². The summed E-state index contributed by atoms with van der Waals surface area (Å²) in [6.45, 7) is 2.68. The molecule has 2 aliphatic heterocycles. The number of pyridine rings is 1. The molecule has 2 aromatic rings. The standard InChI is InChI=1S/C25H29ClN4O4S/c1-2-15-9-14(7-8-27-15)21-10-28-25(35-21)24(33)29-18(12-31)16-5-3-4-6-19(16)30-11-17(26)23-22(30)20(32)13-34-23/h7-10,12,16-19,22-23H,2-6,11,13H2,1H3,(H,29,33)/t16?,17-,18?,19-,22+,23+/m0/s1. The molecule has 3 aliphatic rings. The molecule has 35 heavy (non-hydrogen) atoms. The summed E-state index contributed by atoms with van der Waals surface area (Å²) in [6.07, 6.45) is 8.43. The summed E-state index contributed by atoms with van der Waals surface area (Å²) < 4.78 is 5.65. The minimum absolute atomic E-state index is 0.0164. The van der Waals surface area contributed by atoms with Crippen molar-refractivity contribution in [2.24, 2.45) is 5.92 Å². The molecule has 5 rings (SSSR count). The van der Waals surface area contributed by atoms with E-state index in [-0.39, 0.29) is 47.8 Å². The van der Waals surface area contributed by atoms with Gasteiger partial charge in [-0.1, -0.05) is 19.8 Å². The number of fused-ring (bicyclic) bond motifs is 1. The number of Topliss-reactive ketones (excluding diaryl/α,β-unsaturated/α-hetero) is 1. The molecule has 0 spiro atoms. The number of aryl methyl sites for hydroxylation is 1. The minimum atomic E-state index is -0.669. The zero-order valence-electron chi connectivity index (χ0n) is 19.6. The van der Waals surface area contributed by atoms with Crippen molar-refractivity contribution in [3.05, 3.63) is 35.2 Å². The van der Waals surface area contributed by atoms with E-state index in [4.69, 9.17) is 16.3 Å². The summed E-state index contributed by atoms with van der Waals surface area (Å²) >= 11 is 7.82. The molecule has 3 fully saturated rings. The highest BCUT2D eigenvalue weighted by molar-refractivity contribution is 7.17. The van der Waals surface area contributed by atoms with Gasteiger partial charge in [0.2, 0.25) is 0 Å². The van der Waals surface area contributed by atoms with E-state index in [2.05, 4.69) is 20.2 Å². The first-order valence-electron chi connectivity index (χ1n) is 12.2. The lowest BCUT2D eigenvalue weighted by atomic mass is 9.78. The van der Waals surface area contributed by atoms with Crippen LogP contribution >= 0.6 is 22.9 Å². The second-order valence-corrected chi connectivity index (χ2v) is 11.1. The fourth-order valence-corrected chi connectivity index (χ4v) is 6.92. The van der Waals surface area contributed by atoms with Crippen LogP contribution in [0.5, 0.6) is 0 Å². The van der Waals surface area contributed by atoms with Crippen LogP contribution in [0.4, 0.5) is 0 Å². The predicted octanol–water partition coefficient (Wildman–Crippen LogP) is 2.88. The highest BCUT2D eigenvalue weighted by atomic mass is 35.5. The number of ketones is 1. The van der Waals surface area contributed by atoms with Crippen LogP contribution in [-0.2, 0) is 20.7 Å². The van der Waals surface area contributed by atoms with Crippen LogP contribution in [0.25, 0.3) is 10.4 Å². The first-order valence-corrected chi connectivity index (χ1v) is 13.5. The van der Waals surface area contributed by atoms with E-state index >= 15 is 0 Å². The molecule has 10 heteroatoms. The van der Waals surface area contributed by atoms with E-state index in [9.17, 15) is 14.4 Å². The Morgan fingerprint density at radius 2 is 2.20 bits per heavy atom. The normalized spacial score (nSPS) is 29.7. The molecule has 8 nitrogen and oxygen atoms in total. The van der Waals surface area contributed by atoms with Gasteiger partial charge in [0.1, 0.15) is 12.9 Å². The number of hydrogen-bond donors (Lipinski definition) is 1. The fourth-order valence-electron chi connectivity index (χ4n) is 5.74. The first-order chi connectivity index (χ1) is 17.0. The molecule has 186 valence electrons. The number of nitrogens with one attached hydrogen (secondary N) is 1. The Balaban J connectivity index is 1.32. The molecule has 2 unspecified atom stereocenters. The second kappa shape index (κ2) is 10.4. The third-order valence-corrected chi connectivity index (χ3v) is 8.87. The number of thiazole rings is 1. The molecule has 1 aliphatic carbocycles. The predicted molar refractivity (Wildman–Crippen MR) is 133 cm³/mol. The zero-order valence-corrected chi connectivity index (χ0v) is 21.1. The Labute approximate surface area is 213 Å². The van der Waals surface area contributed by atoms with Crippen molar-refractivity contribution in [3.63, 3.8) is 0 Å². The quantitative estimate of drug-likeness (QED) is 0.446. The number of ether oxygens (including phenoxy) is 1. The van der Waals surface area contributed by atoms with Crippen molar-refractivity contribution in [2.45, 2.75) is 68.6 Å². The molecule has 2 saturated heterocycles. The van der Waals surface area contributed by atoms with Crippen LogP contribution < -0.4 is 5.32 Å².